The second-order valence-corrected chi connectivity index (χ2v) is 6.88. The molecule has 0 unspecified atom stereocenters. The lowest BCUT2D eigenvalue weighted by Gasteiger charge is -2.11. The molecule has 0 aliphatic heterocycles. The van der Waals surface area contributed by atoms with Crippen LogP contribution in [0, 0.1) is 20.8 Å². The van der Waals surface area contributed by atoms with E-state index in [1.54, 1.807) is 6.92 Å². The number of rotatable bonds is 5. The molecule has 0 saturated heterocycles. The molecule has 3 aromatic rings. The van der Waals surface area contributed by atoms with Crippen molar-refractivity contribution in [2.24, 2.45) is 0 Å². The Labute approximate surface area is 150 Å². The molecule has 2 heterocycles. The highest BCUT2D eigenvalue weighted by Crippen LogP contribution is 2.28. The van der Waals surface area contributed by atoms with E-state index in [1.807, 2.05) is 0 Å². The number of aromatic nitrogens is 3. The van der Waals surface area contributed by atoms with Crippen molar-refractivity contribution in [3.05, 3.63) is 40.6 Å². The van der Waals surface area contributed by atoms with Gasteiger partial charge in [-0.3, -0.25) is 4.79 Å². The zero-order chi connectivity index (χ0) is 18.0. The number of pyridine rings is 1. The zero-order valence-electron chi connectivity index (χ0n) is 14.7. The maximum absolute atomic E-state index is 12.2. The summed E-state index contributed by atoms with van der Waals surface area (Å²) < 4.78 is 4.58. The van der Waals surface area contributed by atoms with Gasteiger partial charge in [-0.15, -0.1) is 0 Å². The minimum absolute atomic E-state index is 0.159. The zero-order valence-corrected chi connectivity index (χ0v) is 15.5. The molecule has 130 valence electrons. The van der Waals surface area contributed by atoms with E-state index in [9.17, 15) is 4.79 Å². The average molecular weight is 356 g/mol. The summed E-state index contributed by atoms with van der Waals surface area (Å²) in [6, 6.07) is 6.39. The van der Waals surface area contributed by atoms with E-state index < -0.39 is 0 Å². The molecule has 0 atom stereocenters. The molecule has 0 fully saturated rings. The Hall–Kier alpha value is -2.41. The summed E-state index contributed by atoms with van der Waals surface area (Å²) in [5, 5.41) is 12.0. The lowest BCUT2D eigenvalue weighted by atomic mass is 10.0. The van der Waals surface area contributed by atoms with Crippen LogP contribution in [0.5, 0.6) is 0 Å². The summed E-state index contributed by atoms with van der Waals surface area (Å²) in [5.74, 6) is 0.454. The van der Waals surface area contributed by atoms with Crippen LogP contribution in [-0.4, -0.2) is 27.0 Å². The van der Waals surface area contributed by atoms with Gasteiger partial charge in [0.1, 0.15) is 10.7 Å². The van der Waals surface area contributed by atoms with Gasteiger partial charge in [-0.2, -0.15) is 0 Å². The first-order chi connectivity index (χ1) is 12.0. The quantitative estimate of drug-likeness (QED) is 0.700. The number of nitrogens with zero attached hydrogens (tertiary/aromatic N) is 3. The fourth-order valence-corrected chi connectivity index (χ4v) is 3.42. The van der Waals surface area contributed by atoms with Crippen LogP contribution in [0.15, 0.2) is 27.9 Å². The van der Waals surface area contributed by atoms with Gasteiger partial charge in [0, 0.05) is 5.39 Å². The molecule has 1 aromatic carbocycles. The first kappa shape index (κ1) is 17.4. The number of anilines is 1. The number of carbonyl (C=O) groups is 1. The van der Waals surface area contributed by atoms with Crippen molar-refractivity contribution in [1.29, 1.82) is 0 Å². The lowest BCUT2D eigenvalue weighted by molar-refractivity contribution is -0.113. The molecule has 25 heavy (non-hydrogen) atoms. The Bertz CT molecular complexity index is 936. The van der Waals surface area contributed by atoms with Gasteiger partial charge in [-0.05, 0) is 55.1 Å². The number of benzene rings is 1. The average Bonchev–Trinajstić information content (AvgIpc) is 3.00. The van der Waals surface area contributed by atoms with Gasteiger partial charge in [0.25, 0.3) is 0 Å². The number of hydrogen-bond acceptors (Lipinski definition) is 6. The first-order valence-corrected chi connectivity index (χ1v) is 9.09. The van der Waals surface area contributed by atoms with Crippen molar-refractivity contribution in [3.63, 3.8) is 0 Å². The van der Waals surface area contributed by atoms with Crippen LogP contribution in [0.25, 0.3) is 10.9 Å². The topological polar surface area (TPSA) is 80.9 Å². The Kier molecular flexibility index (Phi) is 5.03. The van der Waals surface area contributed by atoms with Gasteiger partial charge in [0.15, 0.2) is 5.82 Å². The fourth-order valence-electron chi connectivity index (χ4n) is 2.53. The molecule has 0 aliphatic rings. The number of nitrogens with one attached hydrogen (secondary N) is 1. The molecule has 7 heteroatoms. The summed E-state index contributed by atoms with van der Waals surface area (Å²) >= 11 is 1.43. The van der Waals surface area contributed by atoms with E-state index in [2.05, 4.69) is 59.2 Å². The second-order valence-electron chi connectivity index (χ2n) is 5.92. The molecule has 6 nitrogen and oxygen atoms in total. The molecule has 0 aliphatic carbocycles. The van der Waals surface area contributed by atoms with E-state index >= 15 is 0 Å². The summed E-state index contributed by atoms with van der Waals surface area (Å²) in [6.45, 7) is 7.99. The second kappa shape index (κ2) is 7.23. The summed E-state index contributed by atoms with van der Waals surface area (Å²) in [4.78, 5) is 17.0. The monoisotopic (exact) mass is 356 g/mol. The first-order valence-electron chi connectivity index (χ1n) is 8.11. The third-order valence-electron chi connectivity index (χ3n) is 4.18. The van der Waals surface area contributed by atoms with E-state index in [0.29, 0.717) is 11.5 Å². The number of thioether (sulfide) groups is 1. The molecule has 3 rings (SSSR count). The molecular formula is C18H20N4O2S. The standard InChI is InChI=1S/C18H20N4O2S/c1-5-13-8-14-7-6-10(2)11(3)16(14)20-18(13)25-9-15(23)19-17-12(4)21-24-22-17/h6-8H,5,9H2,1-4H3,(H,19,22,23). The largest absolute Gasteiger partial charge is 0.306 e. The lowest BCUT2D eigenvalue weighted by Crippen LogP contribution is -2.15. The highest BCUT2D eigenvalue weighted by molar-refractivity contribution is 8.00. The summed E-state index contributed by atoms with van der Waals surface area (Å²) in [6.07, 6.45) is 0.867. The molecule has 0 bridgehead atoms. The number of fused-ring (bicyclic) bond motifs is 1. The van der Waals surface area contributed by atoms with E-state index in [-0.39, 0.29) is 11.7 Å². The smallest absolute Gasteiger partial charge is 0.236 e. The van der Waals surface area contributed by atoms with Crippen LogP contribution >= 0.6 is 11.8 Å². The van der Waals surface area contributed by atoms with Crippen LogP contribution in [0.4, 0.5) is 5.82 Å². The normalized spacial score (nSPS) is 11.0. The predicted octanol–water partition coefficient (Wildman–Crippen LogP) is 3.84. The molecule has 0 radical (unpaired) electrons. The Balaban J connectivity index is 1.81. The van der Waals surface area contributed by atoms with Gasteiger partial charge in [-0.1, -0.05) is 36.0 Å². The van der Waals surface area contributed by atoms with Gasteiger partial charge in [-0.25, -0.2) is 9.61 Å². The predicted molar refractivity (Wildman–Crippen MR) is 99.0 cm³/mol. The van der Waals surface area contributed by atoms with Gasteiger partial charge in [0.2, 0.25) is 5.91 Å². The van der Waals surface area contributed by atoms with Crippen LogP contribution in [0.1, 0.15) is 29.3 Å². The number of hydrogen-bond donors (Lipinski definition) is 1. The molecule has 0 spiro atoms. The third kappa shape index (κ3) is 3.66. The molecule has 1 amide bonds. The van der Waals surface area contributed by atoms with Crippen molar-refractivity contribution >= 4 is 34.4 Å². The molecule has 2 aromatic heterocycles. The Morgan fingerprint density at radius 1 is 1.24 bits per heavy atom. The number of carbonyl (C=O) groups excluding carboxylic acids is 1. The third-order valence-corrected chi connectivity index (χ3v) is 5.22. The molecular weight excluding hydrogens is 336 g/mol. The van der Waals surface area contributed by atoms with Gasteiger partial charge < -0.3 is 5.32 Å². The minimum Gasteiger partial charge on any atom is -0.306 e. The van der Waals surface area contributed by atoms with Crippen LogP contribution in [-0.2, 0) is 11.2 Å². The van der Waals surface area contributed by atoms with Crippen LogP contribution in [0.3, 0.4) is 0 Å². The van der Waals surface area contributed by atoms with Crippen molar-refractivity contribution < 1.29 is 9.42 Å². The summed E-state index contributed by atoms with van der Waals surface area (Å²) in [5.41, 5.74) is 5.09. The van der Waals surface area contributed by atoms with Crippen molar-refractivity contribution in [2.45, 2.75) is 39.1 Å². The van der Waals surface area contributed by atoms with Crippen molar-refractivity contribution in [2.75, 3.05) is 11.1 Å². The van der Waals surface area contributed by atoms with E-state index in [4.69, 9.17) is 4.98 Å². The fraction of sp³-hybridized carbons (Fsp3) is 0.333. The highest BCUT2D eigenvalue weighted by atomic mass is 32.2. The van der Waals surface area contributed by atoms with E-state index in [0.717, 1.165) is 27.9 Å². The van der Waals surface area contributed by atoms with Gasteiger partial charge in [0.05, 0.1) is 11.3 Å². The molecule has 0 saturated carbocycles. The number of aryl methyl sites for hydroxylation is 4. The van der Waals surface area contributed by atoms with Crippen molar-refractivity contribution in [1.82, 2.24) is 15.3 Å². The molecule has 1 N–H and O–H groups in total. The minimum atomic E-state index is -0.159. The van der Waals surface area contributed by atoms with Crippen LogP contribution in [0.2, 0.25) is 0 Å². The highest BCUT2D eigenvalue weighted by Gasteiger charge is 2.13. The maximum Gasteiger partial charge on any atom is 0.236 e. The van der Waals surface area contributed by atoms with Crippen LogP contribution < -0.4 is 5.32 Å². The number of amides is 1. The Morgan fingerprint density at radius 2 is 2.04 bits per heavy atom. The SMILES string of the molecule is CCc1cc2ccc(C)c(C)c2nc1SCC(=O)Nc1nonc1C. The Morgan fingerprint density at radius 3 is 2.72 bits per heavy atom. The van der Waals surface area contributed by atoms with Crippen molar-refractivity contribution in [3.8, 4) is 0 Å². The summed E-state index contributed by atoms with van der Waals surface area (Å²) in [7, 11) is 0. The van der Waals surface area contributed by atoms with Gasteiger partial charge >= 0.3 is 0 Å². The maximum atomic E-state index is 12.2. The van der Waals surface area contributed by atoms with E-state index in [1.165, 1.54) is 22.9 Å².